The Labute approximate surface area is 350 Å². The predicted octanol–water partition coefficient (Wildman–Crippen LogP) is 11.6. The molecule has 0 unspecified atom stereocenters. The minimum atomic E-state index is -2.27. The molecule has 0 N–H and O–H groups in total. The van der Waals surface area contributed by atoms with Crippen molar-refractivity contribution < 1.29 is 23.0 Å². The summed E-state index contributed by atoms with van der Waals surface area (Å²) < 4.78 is 37.6. The lowest BCUT2D eigenvalue weighted by atomic mass is 9.72. The van der Waals surface area contributed by atoms with E-state index in [1.807, 2.05) is 38.1 Å². The van der Waals surface area contributed by atoms with E-state index < -0.39 is 45.7 Å². The Hall–Kier alpha value is -4.96. The lowest BCUT2D eigenvalue weighted by molar-refractivity contribution is -0.175. The van der Waals surface area contributed by atoms with Gasteiger partial charge in [-0.3, -0.25) is 9.05 Å². The fourth-order valence-electron chi connectivity index (χ4n) is 8.62. The monoisotopic (exact) mass is 814 g/mol. The second-order valence-corrected chi connectivity index (χ2v) is 18.9. The van der Waals surface area contributed by atoms with Gasteiger partial charge in [-0.05, 0) is 66.1 Å². The summed E-state index contributed by atoms with van der Waals surface area (Å²) in [5.74, 6) is -0.0968. The van der Waals surface area contributed by atoms with Gasteiger partial charge < -0.3 is 14.0 Å². The van der Waals surface area contributed by atoms with Crippen LogP contribution in [0.5, 0.6) is 5.75 Å². The summed E-state index contributed by atoms with van der Waals surface area (Å²) in [4.78, 5) is 0. The molecule has 0 aliphatic carbocycles. The highest BCUT2D eigenvalue weighted by molar-refractivity contribution is 7.80. The Morgan fingerprint density at radius 3 is 1.19 bits per heavy atom. The van der Waals surface area contributed by atoms with Gasteiger partial charge in [0.05, 0.1) is 0 Å². The van der Waals surface area contributed by atoms with E-state index in [0.717, 1.165) is 38.9 Å². The number of rotatable bonds is 10. The smallest absolute Gasteiger partial charge is 0.399 e. The van der Waals surface area contributed by atoms with Crippen LogP contribution in [-0.2, 0) is 29.7 Å². The molecule has 296 valence electrons. The highest BCUT2D eigenvalue weighted by Gasteiger charge is 2.67. The Kier molecular flexibility index (Phi) is 11.1. The average Bonchev–Trinajstić information content (AvgIpc) is 3.57. The minimum Gasteiger partial charge on any atom is -0.426 e. The van der Waals surface area contributed by atoms with Gasteiger partial charge >= 0.3 is 8.60 Å². The van der Waals surface area contributed by atoms with Crippen molar-refractivity contribution in [2.45, 2.75) is 62.8 Å². The average molecular weight is 815 g/mol. The summed E-state index contributed by atoms with van der Waals surface area (Å²) in [6.45, 7) is 8.38. The molecule has 2 aliphatic rings. The van der Waals surface area contributed by atoms with Gasteiger partial charge in [-0.15, -0.1) is 0 Å². The number of fused-ring (bicyclic) bond motifs is 1. The SMILES string of the molecule is CC(C)c1cccc(P(c2ccccc2)c2ccccc2)c1OP1OC(c2ccccc2)(c2ccccc2)[C@@H]2OC(C)(C)O[C@H]2C(c2ccccc2)(c2ccccc2)O1. The van der Waals surface area contributed by atoms with Gasteiger partial charge in [0, 0.05) is 5.30 Å². The third kappa shape index (κ3) is 7.36. The van der Waals surface area contributed by atoms with Gasteiger partial charge in [-0.1, -0.05) is 214 Å². The van der Waals surface area contributed by atoms with E-state index in [0.29, 0.717) is 0 Å². The van der Waals surface area contributed by atoms with Crippen molar-refractivity contribution in [1.82, 2.24) is 0 Å². The van der Waals surface area contributed by atoms with Gasteiger partial charge in [0.2, 0.25) is 0 Å². The number of ether oxygens (including phenoxy) is 2. The van der Waals surface area contributed by atoms with E-state index in [2.05, 4.69) is 190 Å². The third-order valence-corrected chi connectivity index (χ3v) is 14.9. The summed E-state index contributed by atoms with van der Waals surface area (Å²) in [6.07, 6.45) is -1.41. The van der Waals surface area contributed by atoms with Crippen LogP contribution in [0.25, 0.3) is 0 Å². The van der Waals surface area contributed by atoms with Crippen LogP contribution in [0.3, 0.4) is 0 Å². The number of benzene rings is 7. The first-order valence-electron chi connectivity index (χ1n) is 20.3. The maximum atomic E-state index is 7.78. The molecule has 0 aromatic heterocycles. The van der Waals surface area contributed by atoms with Crippen molar-refractivity contribution in [2.75, 3.05) is 0 Å². The van der Waals surface area contributed by atoms with E-state index in [1.54, 1.807) is 0 Å². The van der Waals surface area contributed by atoms with Crippen LogP contribution >= 0.6 is 16.5 Å². The fourth-order valence-corrected chi connectivity index (χ4v) is 12.7. The molecule has 7 aromatic rings. The molecule has 7 heteroatoms. The van der Waals surface area contributed by atoms with Crippen LogP contribution in [0.1, 0.15) is 61.4 Å². The highest BCUT2D eigenvalue weighted by atomic mass is 31.2. The van der Waals surface area contributed by atoms with E-state index in [9.17, 15) is 0 Å². The third-order valence-electron chi connectivity index (χ3n) is 11.2. The van der Waals surface area contributed by atoms with Gasteiger partial charge in [0.15, 0.2) is 17.0 Å². The van der Waals surface area contributed by atoms with Crippen LogP contribution in [0.4, 0.5) is 0 Å². The standard InChI is InChI=1S/C52H48O5P2/c1-38(2)45-36-23-37-46(58(43-32-19-9-20-33-43)44-34-21-10-22-35-44)47(45)55-59-56-51(39-24-11-5-12-25-39,40-26-13-6-14-27-40)48-49(54-50(3,4)53-48)52(57-59,41-28-15-7-16-29-41)42-30-17-8-18-31-42/h5-38,48-49H,1-4H3/t48-,49-/m1/s1. The molecule has 5 nitrogen and oxygen atoms in total. The van der Waals surface area contributed by atoms with E-state index >= 15 is 0 Å². The maximum absolute atomic E-state index is 7.78. The zero-order chi connectivity index (χ0) is 40.5. The summed E-state index contributed by atoms with van der Waals surface area (Å²) in [5.41, 5.74) is 2.23. The Morgan fingerprint density at radius 1 is 0.475 bits per heavy atom. The minimum absolute atomic E-state index is 0.128. The number of hydrogen-bond acceptors (Lipinski definition) is 5. The lowest BCUT2D eigenvalue weighted by Crippen LogP contribution is -2.53. The molecule has 9 rings (SSSR count). The van der Waals surface area contributed by atoms with Crippen molar-refractivity contribution in [3.63, 3.8) is 0 Å². The van der Waals surface area contributed by atoms with Gasteiger partial charge in [0.1, 0.15) is 18.0 Å². The second-order valence-electron chi connectivity index (χ2n) is 15.8. The summed E-state index contributed by atoms with van der Waals surface area (Å²) in [7, 11) is -3.33. The van der Waals surface area contributed by atoms with Gasteiger partial charge in [-0.25, -0.2) is 0 Å². The van der Waals surface area contributed by atoms with Gasteiger partial charge in [-0.2, -0.15) is 0 Å². The molecule has 2 aliphatic heterocycles. The zero-order valence-corrected chi connectivity index (χ0v) is 35.5. The molecule has 2 atom stereocenters. The van der Waals surface area contributed by atoms with E-state index in [1.165, 1.54) is 10.6 Å². The Morgan fingerprint density at radius 2 is 0.831 bits per heavy atom. The van der Waals surface area contributed by atoms with E-state index in [4.69, 9.17) is 23.0 Å². The topological polar surface area (TPSA) is 46.2 Å². The second kappa shape index (κ2) is 16.6. The lowest BCUT2D eigenvalue weighted by Gasteiger charge is -2.41. The van der Waals surface area contributed by atoms with Crippen molar-refractivity contribution in [1.29, 1.82) is 0 Å². The molecular weight excluding hydrogens is 767 g/mol. The molecule has 0 saturated carbocycles. The van der Waals surface area contributed by atoms with Crippen LogP contribution in [0.15, 0.2) is 200 Å². The quantitative estimate of drug-likeness (QED) is 0.129. The predicted molar refractivity (Wildman–Crippen MR) is 240 cm³/mol. The van der Waals surface area contributed by atoms with Crippen LogP contribution in [0.2, 0.25) is 0 Å². The van der Waals surface area contributed by atoms with Crippen LogP contribution in [-0.4, -0.2) is 18.0 Å². The summed E-state index contributed by atoms with van der Waals surface area (Å²) in [6, 6.07) is 69.5. The molecule has 2 heterocycles. The van der Waals surface area contributed by atoms with E-state index in [-0.39, 0.29) is 5.92 Å². The van der Waals surface area contributed by atoms with Crippen molar-refractivity contribution >= 4 is 32.4 Å². The first-order chi connectivity index (χ1) is 28.8. The number of para-hydroxylation sites is 1. The van der Waals surface area contributed by atoms with Crippen LogP contribution in [0, 0.1) is 0 Å². The summed E-state index contributed by atoms with van der Waals surface area (Å²) >= 11 is 0. The first kappa shape index (κ1) is 39.5. The van der Waals surface area contributed by atoms with Crippen molar-refractivity contribution in [3.05, 3.63) is 228 Å². The molecule has 2 saturated heterocycles. The molecular formula is C52H48O5P2. The van der Waals surface area contributed by atoms with Gasteiger partial charge in [0.25, 0.3) is 0 Å². The Balaban J connectivity index is 1.34. The molecule has 0 radical (unpaired) electrons. The molecule has 0 amide bonds. The summed E-state index contributed by atoms with van der Waals surface area (Å²) in [5, 5.41) is 3.53. The molecule has 2 fully saturated rings. The van der Waals surface area contributed by atoms with Crippen molar-refractivity contribution in [3.8, 4) is 5.75 Å². The molecule has 59 heavy (non-hydrogen) atoms. The Bertz CT molecular complexity index is 2230. The highest BCUT2D eigenvalue weighted by Crippen LogP contribution is 2.65. The molecule has 0 spiro atoms. The zero-order valence-electron chi connectivity index (χ0n) is 33.7. The normalized spacial score (nSPS) is 19.6. The number of hydrogen-bond donors (Lipinski definition) is 0. The molecule has 7 aromatic carbocycles. The first-order valence-corrected chi connectivity index (χ1v) is 22.7. The largest absolute Gasteiger partial charge is 0.426 e. The van der Waals surface area contributed by atoms with Crippen LogP contribution < -0.4 is 20.4 Å². The maximum Gasteiger partial charge on any atom is 0.399 e. The fraction of sp³-hybridized carbons (Fsp3) is 0.192. The van der Waals surface area contributed by atoms with Crippen molar-refractivity contribution in [2.24, 2.45) is 0 Å². The molecule has 0 bridgehead atoms.